The Morgan fingerprint density at radius 3 is 2.91 bits per heavy atom. The van der Waals surface area contributed by atoms with Crippen LogP contribution in [-0.4, -0.2) is 49.4 Å². The monoisotopic (exact) mass is 365 g/mol. The Morgan fingerprint density at radius 2 is 2.09 bits per heavy atom. The number of carbonyl (C=O) groups excluding carboxylic acids is 2. The van der Waals surface area contributed by atoms with Gasteiger partial charge >= 0.3 is 0 Å². The highest BCUT2D eigenvalue weighted by molar-refractivity contribution is 9.10. The molecule has 0 bridgehead atoms. The second kappa shape index (κ2) is 6.79. The van der Waals surface area contributed by atoms with Crippen molar-refractivity contribution in [3.63, 3.8) is 0 Å². The van der Waals surface area contributed by atoms with E-state index in [9.17, 15) is 9.59 Å². The molecule has 0 radical (unpaired) electrons. The lowest BCUT2D eigenvalue weighted by molar-refractivity contribution is -0.139. The molecule has 5 nitrogen and oxygen atoms in total. The molecule has 1 aromatic carbocycles. The Labute approximate surface area is 138 Å². The van der Waals surface area contributed by atoms with E-state index in [1.165, 1.54) is 0 Å². The molecule has 22 heavy (non-hydrogen) atoms. The van der Waals surface area contributed by atoms with Crippen molar-refractivity contribution in [2.24, 2.45) is 5.92 Å². The number of amides is 2. The van der Waals surface area contributed by atoms with Crippen molar-refractivity contribution >= 4 is 33.4 Å². The Bertz CT molecular complexity index is 570. The van der Waals surface area contributed by atoms with Crippen LogP contribution in [0.4, 0.5) is 5.69 Å². The molecule has 6 heteroatoms. The molecule has 118 valence electrons. The van der Waals surface area contributed by atoms with Crippen LogP contribution in [0.2, 0.25) is 0 Å². The van der Waals surface area contributed by atoms with Crippen LogP contribution in [0, 0.1) is 5.92 Å². The smallest absolute Gasteiger partial charge is 0.239 e. The van der Waals surface area contributed by atoms with Crippen LogP contribution in [0.3, 0.4) is 0 Å². The van der Waals surface area contributed by atoms with Gasteiger partial charge in [0.2, 0.25) is 11.8 Å². The fraction of sp³-hybridized carbons (Fsp3) is 0.500. The van der Waals surface area contributed by atoms with Gasteiger partial charge in [-0.25, -0.2) is 0 Å². The van der Waals surface area contributed by atoms with E-state index < -0.39 is 5.92 Å². The maximum Gasteiger partial charge on any atom is 0.239 e. The summed E-state index contributed by atoms with van der Waals surface area (Å²) in [6.45, 7) is 3.79. The van der Waals surface area contributed by atoms with Crippen LogP contribution in [0.25, 0.3) is 0 Å². The van der Waals surface area contributed by atoms with Crippen LogP contribution in [-0.2, 0) is 9.59 Å². The van der Waals surface area contributed by atoms with Gasteiger partial charge < -0.3 is 15.1 Å². The molecule has 2 saturated heterocycles. The van der Waals surface area contributed by atoms with Gasteiger partial charge in [-0.15, -0.1) is 0 Å². The molecule has 0 aromatic heterocycles. The fourth-order valence-corrected chi connectivity index (χ4v) is 3.48. The van der Waals surface area contributed by atoms with Gasteiger partial charge in [0.1, 0.15) is 5.92 Å². The molecule has 0 aliphatic carbocycles. The average molecular weight is 366 g/mol. The van der Waals surface area contributed by atoms with E-state index in [-0.39, 0.29) is 11.8 Å². The Morgan fingerprint density at radius 1 is 1.23 bits per heavy atom. The number of benzene rings is 1. The van der Waals surface area contributed by atoms with E-state index in [2.05, 4.69) is 21.2 Å². The van der Waals surface area contributed by atoms with Crippen LogP contribution < -0.4 is 10.2 Å². The molecule has 1 unspecified atom stereocenters. The number of carbonyl (C=O) groups is 2. The van der Waals surface area contributed by atoms with Gasteiger partial charge in [-0.2, -0.15) is 0 Å². The van der Waals surface area contributed by atoms with Gasteiger partial charge in [0.05, 0.1) is 0 Å². The first kappa shape index (κ1) is 15.5. The number of rotatable bonds is 2. The van der Waals surface area contributed by atoms with Crippen molar-refractivity contribution in [1.29, 1.82) is 0 Å². The number of hydrogen-bond donors (Lipinski definition) is 1. The summed E-state index contributed by atoms with van der Waals surface area (Å²) in [7, 11) is 0. The summed E-state index contributed by atoms with van der Waals surface area (Å²) in [5.41, 5.74) is 0.854. The van der Waals surface area contributed by atoms with Crippen molar-refractivity contribution in [3.8, 4) is 0 Å². The Kier molecular flexibility index (Phi) is 4.78. The summed E-state index contributed by atoms with van der Waals surface area (Å²) < 4.78 is 0.936. The summed E-state index contributed by atoms with van der Waals surface area (Å²) in [4.78, 5) is 28.8. The molecular formula is C16H20BrN3O2. The quantitative estimate of drug-likeness (QED) is 0.810. The standard InChI is InChI=1S/C16H20BrN3O2/c17-12-3-1-4-13(11-12)20-9-5-14(16(20)22)15(21)19-8-2-6-18-7-10-19/h1,3-4,11,14,18H,2,5-10H2. The topological polar surface area (TPSA) is 52.7 Å². The summed E-state index contributed by atoms with van der Waals surface area (Å²) in [5.74, 6) is -0.594. The largest absolute Gasteiger partial charge is 0.341 e. The summed E-state index contributed by atoms with van der Waals surface area (Å²) in [6, 6.07) is 7.66. The molecule has 2 fully saturated rings. The maximum atomic E-state index is 12.6. The zero-order chi connectivity index (χ0) is 15.5. The van der Waals surface area contributed by atoms with Crippen LogP contribution in [0.15, 0.2) is 28.7 Å². The van der Waals surface area contributed by atoms with Crippen molar-refractivity contribution in [3.05, 3.63) is 28.7 Å². The molecule has 2 aliphatic rings. The second-order valence-corrected chi connectivity index (χ2v) is 6.66. The summed E-state index contributed by atoms with van der Waals surface area (Å²) in [6.07, 6.45) is 1.55. The zero-order valence-corrected chi connectivity index (χ0v) is 14.0. The van der Waals surface area contributed by atoms with Crippen LogP contribution >= 0.6 is 15.9 Å². The molecule has 1 aromatic rings. The Hall–Kier alpha value is -1.40. The predicted molar refractivity (Wildman–Crippen MR) is 88.7 cm³/mol. The number of hydrogen-bond acceptors (Lipinski definition) is 3. The maximum absolute atomic E-state index is 12.6. The zero-order valence-electron chi connectivity index (χ0n) is 12.4. The van der Waals surface area contributed by atoms with E-state index in [0.29, 0.717) is 19.5 Å². The molecule has 1 N–H and O–H groups in total. The third-order valence-corrected chi connectivity index (χ3v) is 4.77. The predicted octanol–water partition coefficient (Wildman–Crippen LogP) is 1.62. The molecular weight excluding hydrogens is 346 g/mol. The SMILES string of the molecule is O=C(C1CCN(c2cccc(Br)c2)C1=O)N1CCCNCC1. The number of halogens is 1. The van der Waals surface area contributed by atoms with Gasteiger partial charge in [-0.3, -0.25) is 9.59 Å². The second-order valence-electron chi connectivity index (χ2n) is 5.74. The molecule has 0 spiro atoms. The lowest BCUT2D eigenvalue weighted by atomic mass is 10.1. The number of nitrogens with one attached hydrogen (secondary N) is 1. The highest BCUT2D eigenvalue weighted by Crippen LogP contribution is 2.28. The van der Waals surface area contributed by atoms with Gasteiger partial charge in [0, 0.05) is 36.3 Å². The molecule has 1 atom stereocenters. The van der Waals surface area contributed by atoms with Crippen molar-refractivity contribution < 1.29 is 9.59 Å². The van der Waals surface area contributed by atoms with Crippen LogP contribution in [0.1, 0.15) is 12.8 Å². The third kappa shape index (κ3) is 3.17. The van der Waals surface area contributed by atoms with E-state index in [0.717, 1.165) is 36.2 Å². The third-order valence-electron chi connectivity index (χ3n) is 4.28. The first-order chi connectivity index (χ1) is 10.7. The van der Waals surface area contributed by atoms with E-state index in [4.69, 9.17) is 0 Å². The van der Waals surface area contributed by atoms with Crippen molar-refractivity contribution in [2.75, 3.05) is 37.6 Å². The summed E-state index contributed by atoms with van der Waals surface area (Å²) in [5, 5.41) is 3.28. The molecule has 2 amide bonds. The fourth-order valence-electron chi connectivity index (χ4n) is 3.10. The summed E-state index contributed by atoms with van der Waals surface area (Å²) >= 11 is 3.42. The minimum absolute atomic E-state index is 0.00815. The normalized spacial score (nSPS) is 22.8. The lowest BCUT2D eigenvalue weighted by Crippen LogP contribution is -2.41. The van der Waals surface area contributed by atoms with Crippen molar-refractivity contribution in [2.45, 2.75) is 12.8 Å². The van der Waals surface area contributed by atoms with E-state index >= 15 is 0 Å². The highest BCUT2D eigenvalue weighted by Gasteiger charge is 2.39. The van der Waals surface area contributed by atoms with Gasteiger partial charge in [0.25, 0.3) is 0 Å². The number of anilines is 1. The molecule has 3 rings (SSSR count). The minimum atomic E-state index is -0.517. The van der Waals surface area contributed by atoms with Crippen LogP contribution in [0.5, 0.6) is 0 Å². The molecule has 2 aliphatic heterocycles. The molecule has 2 heterocycles. The highest BCUT2D eigenvalue weighted by atomic mass is 79.9. The van der Waals surface area contributed by atoms with Gasteiger partial charge in [-0.1, -0.05) is 22.0 Å². The first-order valence-corrected chi connectivity index (χ1v) is 8.52. The van der Waals surface area contributed by atoms with E-state index in [1.807, 2.05) is 29.2 Å². The van der Waals surface area contributed by atoms with E-state index in [1.54, 1.807) is 4.90 Å². The van der Waals surface area contributed by atoms with Gasteiger partial charge in [-0.05, 0) is 37.6 Å². The lowest BCUT2D eigenvalue weighted by Gasteiger charge is -2.23. The van der Waals surface area contributed by atoms with Crippen molar-refractivity contribution in [1.82, 2.24) is 10.2 Å². The van der Waals surface area contributed by atoms with Gasteiger partial charge in [0.15, 0.2) is 0 Å². The first-order valence-electron chi connectivity index (χ1n) is 7.73. The Balaban J connectivity index is 1.71. The molecule has 0 saturated carbocycles. The minimum Gasteiger partial charge on any atom is -0.341 e. The number of nitrogens with zero attached hydrogens (tertiary/aromatic N) is 2. The average Bonchev–Trinajstić information content (AvgIpc) is 2.73.